The van der Waals surface area contributed by atoms with Gasteiger partial charge in [0.2, 0.25) is 5.91 Å². The molecule has 21 heavy (non-hydrogen) atoms. The molecular weight excluding hydrogens is 268 g/mol. The van der Waals surface area contributed by atoms with Crippen molar-refractivity contribution in [2.75, 3.05) is 5.73 Å². The van der Waals surface area contributed by atoms with E-state index in [-0.39, 0.29) is 19.0 Å². The maximum Gasteiger partial charge on any atom is 0.310 e. The molecule has 0 aliphatic carbocycles. The van der Waals surface area contributed by atoms with Crippen LogP contribution in [0.4, 0.5) is 5.69 Å². The molecule has 0 fully saturated rings. The number of primary amides is 1. The first-order valence-corrected chi connectivity index (χ1v) is 6.43. The molecule has 0 atom stereocenters. The third-order valence-corrected chi connectivity index (χ3v) is 2.91. The number of anilines is 1. The second-order valence-electron chi connectivity index (χ2n) is 4.65. The fourth-order valence-electron chi connectivity index (χ4n) is 1.90. The number of carbonyl (C=O) groups excluding carboxylic acids is 2. The fraction of sp³-hybridized carbons (Fsp3) is 0.125. The number of amides is 1. The van der Waals surface area contributed by atoms with E-state index in [1.165, 1.54) is 0 Å². The molecule has 2 rings (SSSR count). The Labute approximate surface area is 122 Å². The molecule has 2 aromatic carbocycles. The van der Waals surface area contributed by atoms with Gasteiger partial charge in [-0.3, -0.25) is 9.59 Å². The van der Waals surface area contributed by atoms with Gasteiger partial charge in [-0.1, -0.05) is 24.3 Å². The van der Waals surface area contributed by atoms with E-state index in [9.17, 15) is 9.59 Å². The third kappa shape index (κ3) is 4.35. The van der Waals surface area contributed by atoms with E-state index in [0.29, 0.717) is 16.8 Å². The van der Waals surface area contributed by atoms with Crippen LogP contribution in [0.25, 0.3) is 0 Å². The Hall–Kier alpha value is -2.82. The van der Waals surface area contributed by atoms with Crippen molar-refractivity contribution in [3.8, 4) is 0 Å². The van der Waals surface area contributed by atoms with E-state index in [4.69, 9.17) is 16.2 Å². The molecule has 0 aromatic heterocycles. The van der Waals surface area contributed by atoms with E-state index in [1.807, 2.05) is 6.07 Å². The summed E-state index contributed by atoms with van der Waals surface area (Å²) in [4.78, 5) is 22.8. The normalized spacial score (nSPS) is 10.1. The van der Waals surface area contributed by atoms with Gasteiger partial charge in [0, 0.05) is 11.3 Å². The number of esters is 1. The fourth-order valence-corrected chi connectivity index (χ4v) is 1.90. The topological polar surface area (TPSA) is 95.4 Å². The van der Waals surface area contributed by atoms with Gasteiger partial charge in [-0.05, 0) is 35.4 Å². The van der Waals surface area contributed by atoms with Crippen molar-refractivity contribution in [3.63, 3.8) is 0 Å². The number of benzene rings is 2. The Morgan fingerprint density at radius 3 is 2.43 bits per heavy atom. The average Bonchev–Trinajstić information content (AvgIpc) is 2.45. The summed E-state index contributed by atoms with van der Waals surface area (Å²) < 4.78 is 5.17. The molecule has 0 radical (unpaired) electrons. The predicted molar refractivity (Wildman–Crippen MR) is 79.3 cm³/mol. The van der Waals surface area contributed by atoms with Gasteiger partial charge >= 0.3 is 5.97 Å². The van der Waals surface area contributed by atoms with Gasteiger partial charge in [-0.25, -0.2) is 0 Å². The van der Waals surface area contributed by atoms with Crippen LogP contribution in [-0.2, 0) is 22.6 Å². The SMILES string of the molecule is NC(=O)c1cccc(COC(=O)Cc2cccc(N)c2)c1. The van der Waals surface area contributed by atoms with Crippen LogP contribution in [0.15, 0.2) is 48.5 Å². The van der Waals surface area contributed by atoms with Crippen molar-refractivity contribution < 1.29 is 14.3 Å². The zero-order chi connectivity index (χ0) is 15.2. The summed E-state index contributed by atoms with van der Waals surface area (Å²) in [6.45, 7) is 0.0995. The second-order valence-corrected chi connectivity index (χ2v) is 4.65. The lowest BCUT2D eigenvalue weighted by Gasteiger charge is -2.06. The summed E-state index contributed by atoms with van der Waals surface area (Å²) >= 11 is 0. The molecule has 0 spiro atoms. The Bertz CT molecular complexity index is 668. The minimum absolute atomic E-state index is 0.0995. The number of ether oxygens (including phenoxy) is 1. The Morgan fingerprint density at radius 2 is 1.71 bits per heavy atom. The van der Waals surface area contributed by atoms with Crippen molar-refractivity contribution in [2.24, 2.45) is 5.73 Å². The lowest BCUT2D eigenvalue weighted by atomic mass is 10.1. The first-order valence-electron chi connectivity index (χ1n) is 6.43. The van der Waals surface area contributed by atoms with Crippen molar-refractivity contribution in [3.05, 3.63) is 65.2 Å². The maximum atomic E-state index is 11.8. The van der Waals surface area contributed by atoms with Crippen LogP contribution in [-0.4, -0.2) is 11.9 Å². The smallest absolute Gasteiger partial charge is 0.310 e. The molecule has 1 amide bonds. The number of nitrogen functional groups attached to an aromatic ring is 1. The predicted octanol–water partition coefficient (Wildman–Crippen LogP) is 1.65. The third-order valence-electron chi connectivity index (χ3n) is 2.91. The highest BCUT2D eigenvalue weighted by Crippen LogP contribution is 2.10. The molecule has 0 aliphatic heterocycles. The maximum absolute atomic E-state index is 11.8. The standard InChI is InChI=1S/C16H16N2O3/c17-14-6-2-3-11(8-14)9-15(19)21-10-12-4-1-5-13(7-12)16(18)20/h1-8H,9-10,17H2,(H2,18,20). The minimum atomic E-state index is -0.511. The summed E-state index contributed by atoms with van der Waals surface area (Å²) in [6.07, 6.45) is 0.153. The van der Waals surface area contributed by atoms with Crippen LogP contribution >= 0.6 is 0 Å². The Balaban J connectivity index is 1.92. The summed E-state index contributed by atoms with van der Waals surface area (Å²) in [6, 6.07) is 13.8. The zero-order valence-corrected chi connectivity index (χ0v) is 11.4. The Morgan fingerprint density at radius 1 is 1.00 bits per heavy atom. The van der Waals surface area contributed by atoms with Crippen LogP contribution in [0.2, 0.25) is 0 Å². The van der Waals surface area contributed by atoms with Gasteiger partial charge in [-0.15, -0.1) is 0 Å². The summed E-state index contributed by atoms with van der Waals surface area (Å²) in [7, 11) is 0. The van der Waals surface area contributed by atoms with Gasteiger partial charge in [0.1, 0.15) is 6.61 Å². The van der Waals surface area contributed by atoms with E-state index in [1.54, 1.807) is 42.5 Å². The van der Waals surface area contributed by atoms with Gasteiger partial charge in [0.05, 0.1) is 6.42 Å². The quantitative estimate of drug-likeness (QED) is 0.644. The van der Waals surface area contributed by atoms with Gasteiger partial charge in [-0.2, -0.15) is 0 Å². The molecule has 0 bridgehead atoms. The zero-order valence-electron chi connectivity index (χ0n) is 11.4. The number of carbonyl (C=O) groups is 2. The van der Waals surface area contributed by atoms with Crippen molar-refractivity contribution in [1.82, 2.24) is 0 Å². The summed E-state index contributed by atoms with van der Waals surface area (Å²) in [5.41, 5.74) is 13.4. The molecule has 0 unspecified atom stereocenters. The highest BCUT2D eigenvalue weighted by atomic mass is 16.5. The van der Waals surface area contributed by atoms with Gasteiger partial charge in [0.25, 0.3) is 0 Å². The van der Waals surface area contributed by atoms with Gasteiger partial charge < -0.3 is 16.2 Å². The van der Waals surface area contributed by atoms with E-state index < -0.39 is 5.91 Å². The second kappa shape index (κ2) is 6.56. The monoisotopic (exact) mass is 284 g/mol. The molecule has 0 saturated heterocycles. The van der Waals surface area contributed by atoms with Gasteiger partial charge in [0.15, 0.2) is 0 Å². The largest absolute Gasteiger partial charge is 0.461 e. The first-order chi connectivity index (χ1) is 10.0. The number of rotatable bonds is 5. The number of hydrogen-bond acceptors (Lipinski definition) is 4. The first kappa shape index (κ1) is 14.6. The molecule has 0 saturated carbocycles. The highest BCUT2D eigenvalue weighted by Gasteiger charge is 2.07. The minimum Gasteiger partial charge on any atom is -0.461 e. The summed E-state index contributed by atoms with van der Waals surface area (Å²) in [5.74, 6) is -0.868. The molecule has 5 heteroatoms. The number of nitrogens with two attached hydrogens (primary N) is 2. The Kier molecular flexibility index (Phi) is 4.56. The highest BCUT2D eigenvalue weighted by molar-refractivity contribution is 5.92. The lowest BCUT2D eigenvalue weighted by molar-refractivity contribution is -0.144. The van der Waals surface area contributed by atoms with Crippen molar-refractivity contribution in [2.45, 2.75) is 13.0 Å². The molecule has 108 valence electrons. The molecule has 5 nitrogen and oxygen atoms in total. The molecule has 4 N–H and O–H groups in total. The molecule has 2 aromatic rings. The molecule has 0 aliphatic rings. The molecule has 0 heterocycles. The van der Waals surface area contributed by atoms with Crippen LogP contribution in [0.3, 0.4) is 0 Å². The van der Waals surface area contributed by atoms with Crippen LogP contribution in [0, 0.1) is 0 Å². The lowest BCUT2D eigenvalue weighted by Crippen LogP contribution is -2.12. The van der Waals surface area contributed by atoms with Crippen molar-refractivity contribution in [1.29, 1.82) is 0 Å². The summed E-state index contributed by atoms with van der Waals surface area (Å²) in [5, 5.41) is 0. The van der Waals surface area contributed by atoms with E-state index in [0.717, 1.165) is 5.56 Å². The number of hydrogen-bond donors (Lipinski definition) is 2. The van der Waals surface area contributed by atoms with Crippen molar-refractivity contribution >= 4 is 17.6 Å². The average molecular weight is 284 g/mol. The van der Waals surface area contributed by atoms with Crippen LogP contribution in [0.1, 0.15) is 21.5 Å². The van der Waals surface area contributed by atoms with Crippen LogP contribution < -0.4 is 11.5 Å². The van der Waals surface area contributed by atoms with E-state index >= 15 is 0 Å². The van der Waals surface area contributed by atoms with Crippen LogP contribution in [0.5, 0.6) is 0 Å². The molecular formula is C16H16N2O3. The van der Waals surface area contributed by atoms with E-state index in [2.05, 4.69) is 0 Å².